The predicted octanol–water partition coefficient (Wildman–Crippen LogP) is 1.08. The summed E-state index contributed by atoms with van der Waals surface area (Å²) in [6, 6.07) is 6.49. The molecule has 96 valence electrons. The third-order valence-corrected chi connectivity index (χ3v) is 3.77. The van der Waals surface area contributed by atoms with E-state index < -0.39 is 0 Å². The zero-order chi connectivity index (χ0) is 12.4. The highest BCUT2D eigenvalue weighted by atomic mass is 16.2. The fourth-order valence-corrected chi connectivity index (χ4v) is 2.78. The van der Waals surface area contributed by atoms with E-state index in [1.165, 1.54) is 0 Å². The number of carbonyl (C=O) groups is 1. The van der Waals surface area contributed by atoms with Crippen molar-refractivity contribution in [1.29, 1.82) is 0 Å². The molecular weight excluding hydrogens is 228 g/mol. The van der Waals surface area contributed by atoms with E-state index in [-0.39, 0.29) is 6.03 Å². The molecule has 3 rings (SSSR count). The van der Waals surface area contributed by atoms with Gasteiger partial charge >= 0.3 is 6.03 Å². The molecule has 1 N–H and O–H groups in total. The average molecular weight is 246 g/mol. The van der Waals surface area contributed by atoms with Crippen LogP contribution in [0.25, 0.3) is 0 Å². The highest BCUT2D eigenvalue weighted by Crippen LogP contribution is 2.21. The van der Waals surface area contributed by atoms with Crippen LogP contribution >= 0.6 is 0 Å². The molecule has 1 aromatic heterocycles. The molecule has 0 radical (unpaired) electrons. The minimum Gasteiger partial charge on any atom is -0.356 e. The Hall–Kier alpha value is -1.78. The molecule has 5 heteroatoms. The van der Waals surface area contributed by atoms with Crippen molar-refractivity contribution in [3.8, 4) is 0 Å². The number of carbonyl (C=O) groups excluding carboxylic acids is 1. The van der Waals surface area contributed by atoms with Gasteiger partial charge in [-0.15, -0.1) is 0 Å². The van der Waals surface area contributed by atoms with Gasteiger partial charge in [0, 0.05) is 38.4 Å². The number of urea groups is 1. The van der Waals surface area contributed by atoms with Crippen LogP contribution in [0, 0.1) is 0 Å². The SMILES string of the molecule is O=C1NCCN1C1CCN(c2ccccn2)CC1. The lowest BCUT2D eigenvalue weighted by Gasteiger charge is -2.36. The Bertz CT molecular complexity index is 414. The van der Waals surface area contributed by atoms with Crippen molar-refractivity contribution in [3.63, 3.8) is 0 Å². The largest absolute Gasteiger partial charge is 0.356 e. The number of nitrogens with one attached hydrogen (secondary N) is 1. The fourth-order valence-electron chi connectivity index (χ4n) is 2.78. The first-order valence-corrected chi connectivity index (χ1v) is 6.55. The third-order valence-electron chi connectivity index (χ3n) is 3.77. The standard InChI is InChI=1S/C13H18N4O/c18-13-15-7-10-17(13)11-4-8-16(9-5-11)12-3-1-2-6-14-12/h1-3,6,11H,4-5,7-10H2,(H,15,18). The van der Waals surface area contributed by atoms with Gasteiger partial charge in [-0.1, -0.05) is 6.07 Å². The summed E-state index contributed by atoms with van der Waals surface area (Å²) in [7, 11) is 0. The van der Waals surface area contributed by atoms with Crippen LogP contribution in [-0.2, 0) is 0 Å². The van der Waals surface area contributed by atoms with Crippen molar-refractivity contribution in [2.24, 2.45) is 0 Å². The van der Waals surface area contributed by atoms with Gasteiger partial charge in [-0.05, 0) is 25.0 Å². The third kappa shape index (κ3) is 2.12. The molecule has 0 aromatic carbocycles. The van der Waals surface area contributed by atoms with Gasteiger partial charge in [-0.3, -0.25) is 0 Å². The Morgan fingerprint density at radius 3 is 2.67 bits per heavy atom. The van der Waals surface area contributed by atoms with Crippen LogP contribution in [0.15, 0.2) is 24.4 Å². The van der Waals surface area contributed by atoms with Gasteiger partial charge in [0.05, 0.1) is 0 Å². The van der Waals surface area contributed by atoms with E-state index in [0.717, 1.165) is 44.8 Å². The Morgan fingerprint density at radius 1 is 1.22 bits per heavy atom. The van der Waals surface area contributed by atoms with E-state index in [9.17, 15) is 4.79 Å². The van der Waals surface area contributed by atoms with Crippen LogP contribution in [0.2, 0.25) is 0 Å². The number of hydrogen-bond acceptors (Lipinski definition) is 3. The smallest absolute Gasteiger partial charge is 0.317 e. The van der Waals surface area contributed by atoms with Crippen molar-refractivity contribution in [3.05, 3.63) is 24.4 Å². The minimum absolute atomic E-state index is 0.103. The quantitative estimate of drug-likeness (QED) is 0.849. The summed E-state index contributed by atoms with van der Waals surface area (Å²) >= 11 is 0. The molecule has 3 heterocycles. The molecule has 0 atom stereocenters. The summed E-state index contributed by atoms with van der Waals surface area (Å²) in [5.74, 6) is 1.04. The van der Waals surface area contributed by atoms with Gasteiger partial charge in [0.2, 0.25) is 0 Å². The summed E-state index contributed by atoms with van der Waals surface area (Å²) < 4.78 is 0. The maximum absolute atomic E-state index is 11.6. The number of nitrogens with zero attached hydrogens (tertiary/aromatic N) is 3. The van der Waals surface area contributed by atoms with E-state index in [1.54, 1.807) is 0 Å². The molecule has 2 aliphatic rings. The second-order valence-electron chi connectivity index (χ2n) is 4.83. The second kappa shape index (κ2) is 4.84. The number of aromatic nitrogens is 1. The van der Waals surface area contributed by atoms with E-state index in [0.29, 0.717) is 6.04 Å². The molecule has 2 aliphatic heterocycles. The summed E-state index contributed by atoms with van der Waals surface area (Å²) in [6.07, 6.45) is 3.89. The van der Waals surface area contributed by atoms with Crippen LogP contribution in [-0.4, -0.2) is 48.1 Å². The number of hydrogen-bond donors (Lipinski definition) is 1. The zero-order valence-corrected chi connectivity index (χ0v) is 10.4. The number of pyridine rings is 1. The van der Waals surface area contributed by atoms with E-state index >= 15 is 0 Å². The lowest BCUT2D eigenvalue weighted by molar-refractivity contribution is 0.186. The molecule has 2 amide bonds. The molecule has 1 aromatic rings. The van der Waals surface area contributed by atoms with Gasteiger partial charge in [-0.25, -0.2) is 9.78 Å². The van der Waals surface area contributed by atoms with Crippen molar-refractivity contribution < 1.29 is 4.79 Å². The van der Waals surface area contributed by atoms with E-state index in [2.05, 4.69) is 15.2 Å². The molecule has 0 saturated carbocycles. The first kappa shape index (κ1) is 11.3. The first-order valence-electron chi connectivity index (χ1n) is 6.55. The van der Waals surface area contributed by atoms with Crippen molar-refractivity contribution in [1.82, 2.24) is 15.2 Å². The zero-order valence-electron chi connectivity index (χ0n) is 10.4. The Morgan fingerprint density at radius 2 is 2.06 bits per heavy atom. The normalized spacial score (nSPS) is 21.2. The fraction of sp³-hybridized carbons (Fsp3) is 0.538. The lowest BCUT2D eigenvalue weighted by Crippen LogP contribution is -2.46. The molecule has 18 heavy (non-hydrogen) atoms. The van der Waals surface area contributed by atoms with E-state index in [1.807, 2.05) is 29.3 Å². The number of anilines is 1. The highest BCUT2D eigenvalue weighted by molar-refractivity contribution is 5.76. The van der Waals surface area contributed by atoms with Crippen molar-refractivity contribution in [2.75, 3.05) is 31.1 Å². The van der Waals surface area contributed by atoms with Crippen LogP contribution in [0.4, 0.5) is 10.6 Å². The monoisotopic (exact) mass is 246 g/mol. The summed E-state index contributed by atoms with van der Waals surface area (Å²) in [5, 5.41) is 2.87. The second-order valence-corrected chi connectivity index (χ2v) is 4.83. The molecule has 2 saturated heterocycles. The molecule has 0 aliphatic carbocycles. The molecule has 5 nitrogen and oxygen atoms in total. The van der Waals surface area contributed by atoms with Crippen LogP contribution in [0.5, 0.6) is 0 Å². The van der Waals surface area contributed by atoms with Crippen LogP contribution in [0.1, 0.15) is 12.8 Å². The summed E-state index contributed by atoms with van der Waals surface area (Å²) in [5.41, 5.74) is 0. The van der Waals surface area contributed by atoms with Crippen LogP contribution in [0.3, 0.4) is 0 Å². The predicted molar refractivity (Wildman–Crippen MR) is 69.6 cm³/mol. The maximum atomic E-state index is 11.6. The van der Waals surface area contributed by atoms with Crippen molar-refractivity contribution >= 4 is 11.8 Å². The molecule has 0 unspecified atom stereocenters. The molecule has 0 spiro atoms. The van der Waals surface area contributed by atoms with Gasteiger partial charge in [0.15, 0.2) is 0 Å². The van der Waals surface area contributed by atoms with Crippen molar-refractivity contribution in [2.45, 2.75) is 18.9 Å². The van der Waals surface area contributed by atoms with Gasteiger partial charge in [-0.2, -0.15) is 0 Å². The minimum atomic E-state index is 0.103. The highest BCUT2D eigenvalue weighted by Gasteiger charge is 2.30. The first-order chi connectivity index (χ1) is 8.84. The topological polar surface area (TPSA) is 48.5 Å². The van der Waals surface area contributed by atoms with Gasteiger partial charge in [0.1, 0.15) is 5.82 Å². The number of rotatable bonds is 2. The molecular formula is C13H18N4O. The summed E-state index contributed by atoms with van der Waals surface area (Å²) in [6.45, 7) is 3.60. The Labute approximate surface area is 107 Å². The average Bonchev–Trinajstić information content (AvgIpc) is 2.86. The Balaban J connectivity index is 1.60. The number of amides is 2. The molecule has 2 fully saturated rings. The summed E-state index contributed by atoms with van der Waals surface area (Å²) in [4.78, 5) is 20.3. The number of piperidine rings is 1. The van der Waals surface area contributed by atoms with Crippen LogP contribution < -0.4 is 10.2 Å². The van der Waals surface area contributed by atoms with Gasteiger partial charge in [0.25, 0.3) is 0 Å². The Kier molecular flexibility index (Phi) is 3.04. The van der Waals surface area contributed by atoms with Gasteiger partial charge < -0.3 is 15.1 Å². The molecule has 0 bridgehead atoms. The van der Waals surface area contributed by atoms with E-state index in [4.69, 9.17) is 0 Å². The lowest BCUT2D eigenvalue weighted by atomic mass is 10.0. The maximum Gasteiger partial charge on any atom is 0.317 e.